The number of carbonyl (C=O) groups is 2. The van der Waals surface area contributed by atoms with E-state index in [4.69, 9.17) is 0 Å². The summed E-state index contributed by atoms with van der Waals surface area (Å²) in [5.41, 5.74) is 1.77. The minimum Gasteiger partial charge on any atom is -0.348 e. The molecule has 1 aliphatic rings. The van der Waals surface area contributed by atoms with Crippen molar-refractivity contribution in [3.63, 3.8) is 0 Å². The molecule has 4 heteroatoms. The van der Waals surface area contributed by atoms with Crippen LogP contribution in [0.25, 0.3) is 0 Å². The van der Waals surface area contributed by atoms with Gasteiger partial charge in [-0.05, 0) is 33.4 Å². The van der Waals surface area contributed by atoms with Crippen LogP contribution in [0.3, 0.4) is 0 Å². The van der Waals surface area contributed by atoms with Gasteiger partial charge in [0.25, 0.3) is 0 Å². The molecule has 0 spiro atoms. The van der Waals surface area contributed by atoms with Gasteiger partial charge in [-0.1, -0.05) is 29.8 Å². The van der Waals surface area contributed by atoms with E-state index in [0.717, 1.165) is 31.5 Å². The van der Waals surface area contributed by atoms with Crippen LogP contribution >= 0.6 is 0 Å². The van der Waals surface area contributed by atoms with Gasteiger partial charge in [0, 0.05) is 12.1 Å². The Morgan fingerprint density at radius 1 is 1.30 bits per heavy atom. The Morgan fingerprint density at radius 3 is 2.65 bits per heavy atom. The zero-order chi connectivity index (χ0) is 14.5. The first-order chi connectivity index (χ1) is 9.56. The van der Waals surface area contributed by atoms with Gasteiger partial charge in [-0.3, -0.25) is 9.59 Å². The molecule has 2 rings (SSSR count). The third-order valence-electron chi connectivity index (χ3n) is 3.79. The topological polar surface area (TPSA) is 49.4 Å². The van der Waals surface area contributed by atoms with Gasteiger partial charge in [0.05, 0.1) is 12.5 Å². The van der Waals surface area contributed by atoms with Crippen molar-refractivity contribution in [1.82, 2.24) is 10.2 Å². The van der Waals surface area contributed by atoms with Gasteiger partial charge in [0.15, 0.2) is 5.78 Å². The predicted molar refractivity (Wildman–Crippen MR) is 78.7 cm³/mol. The van der Waals surface area contributed by atoms with Crippen molar-refractivity contribution in [3.8, 4) is 0 Å². The Hall–Kier alpha value is -1.68. The number of carbonyl (C=O) groups excluding carboxylic acids is 2. The molecule has 1 heterocycles. The number of amides is 1. The average Bonchev–Trinajstić information content (AvgIpc) is 2.45. The lowest BCUT2D eigenvalue weighted by Gasteiger charge is -2.28. The fourth-order valence-electron chi connectivity index (χ4n) is 2.53. The largest absolute Gasteiger partial charge is 0.348 e. The van der Waals surface area contributed by atoms with Crippen LogP contribution in [0.1, 0.15) is 28.8 Å². The molecule has 1 atom stereocenters. The van der Waals surface area contributed by atoms with Crippen molar-refractivity contribution in [2.24, 2.45) is 5.92 Å². The first kappa shape index (κ1) is 14.7. The molecule has 1 aliphatic heterocycles. The maximum Gasteiger partial charge on any atom is 0.224 e. The van der Waals surface area contributed by atoms with Crippen LogP contribution in [0.5, 0.6) is 0 Å². The van der Waals surface area contributed by atoms with E-state index in [2.05, 4.69) is 10.2 Å². The molecule has 0 bridgehead atoms. The minimum absolute atomic E-state index is 0.00277. The van der Waals surface area contributed by atoms with Crippen molar-refractivity contribution in [2.45, 2.75) is 19.8 Å². The molecule has 1 aromatic rings. The van der Waals surface area contributed by atoms with Crippen LogP contribution in [0.4, 0.5) is 0 Å². The third-order valence-corrected chi connectivity index (χ3v) is 3.79. The lowest BCUT2D eigenvalue weighted by atomic mass is 9.97. The maximum atomic E-state index is 12.0. The Morgan fingerprint density at radius 2 is 2.00 bits per heavy atom. The number of piperidine rings is 1. The van der Waals surface area contributed by atoms with E-state index in [0.29, 0.717) is 5.56 Å². The number of ketones is 1. The van der Waals surface area contributed by atoms with Gasteiger partial charge in [-0.15, -0.1) is 0 Å². The van der Waals surface area contributed by atoms with E-state index in [1.54, 1.807) is 12.1 Å². The summed E-state index contributed by atoms with van der Waals surface area (Å²) >= 11 is 0. The number of nitrogens with one attached hydrogen (secondary N) is 1. The van der Waals surface area contributed by atoms with Crippen LogP contribution in [0.15, 0.2) is 24.3 Å². The standard InChI is InChI=1S/C16H22N2O2/c1-12-5-7-13(8-6-12)15(19)10-17-16(20)14-4-3-9-18(2)11-14/h5-8,14H,3-4,9-11H2,1-2H3,(H,17,20). The summed E-state index contributed by atoms with van der Waals surface area (Å²) in [6, 6.07) is 7.42. The highest BCUT2D eigenvalue weighted by Gasteiger charge is 2.24. The number of Topliss-reactive ketones (excluding diaryl/α,β-unsaturated/α-hetero) is 1. The molecule has 4 nitrogen and oxygen atoms in total. The van der Waals surface area contributed by atoms with E-state index in [9.17, 15) is 9.59 Å². The second-order valence-corrected chi connectivity index (χ2v) is 5.61. The molecule has 20 heavy (non-hydrogen) atoms. The van der Waals surface area contributed by atoms with Crippen molar-refractivity contribution >= 4 is 11.7 Å². The normalized spacial score (nSPS) is 19.6. The molecule has 108 valence electrons. The monoisotopic (exact) mass is 274 g/mol. The number of nitrogens with zero attached hydrogens (tertiary/aromatic N) is 1. The number of likely N-dealkylation sites (tertiary alicyclic amines) is 1. The molecule has 1 fully saturated rings. The second kappa shape index (κ2) is 6.66. The summed E-state index contributed by atoms with van der Waals surface area (Å²) in [5.74, 6) is -0.0286. The van der Waals surface area contributed by atoms with Gasteiger partial charge < -0.3 is 10.2 Å². The van der Waals surface area contributed by atoms with E-state index in [-0.39, 0.29) is 24.2 Å². The van der Waals surface area contributed by atoms with E-state index >= 15 is 0 Å². The second-order valence-electron chi connectivity index (χ2n) is 5.61. The Bertz CT molecular complexity index is 482. The first-order valence-electron chi connectivity index (χ1n) is 7.12. The van der Waals surface area contributed by atoms with Crippen LogP contribution in [-0.2, 0) is 4.79 Å². The summed E-state index contributed by atoms with van der Waals surface area (Å²) in [5, 5.41) is 2.77. The molecule has 0 radical (unpaired) electrons. The van der Waals surface area contributed by atoms with Crippen molar-refractivity contribution < 1.29 is 9.59 Å². The molecule has 1 N–H and O–H groups in total. The highest BCUT2D eigenvalue weighted by molar-refractivity contribution is 5.99. The van der Waals surface area contributed by atoms with Gasteiger partial charge >= 0.3 is 0 Å². The first-order valence-corrected chi connectivity index (χ1v) is 7.12. The molecular weight excluding hydrogens is 252 g/mol. The highest BCUT2D eigenvalue weighted by Crippen LogP contribution is 2.14. The van der Waals surface area contributed by atoms with Crippen LogP contribution < -0.4 is 5.32 Å². The zero-order valence-corrected chi connectivity index (χ0v) is 12.2. The molecule has 0 saturated carbocycles. The van der Waals surface area contributed by atoms with Gasteiger partial charge in [0.1, 0.15) is 0 Å². The highest BCUT2D eigenvalue weighted by atomic mass is 16.2. The van der Waals surface area contributed by atoms with Crippen molar-refractivity contribution in [2.75, 3.05) is 26.7 Å². The Balaban J connectivity index is 1.83. The quantitative estimate of drug-likeness (QED) is 0.849. The molecular formula is C16H22N2O2. The predicted octanol–water partition coefficient (Wildman–Crippen LogP) is 1.64. The SMILES string of the molecule is Cc1ccc(C(=O)CNC(=O)C2CCCN(C)C2)cc1. The van der Waals surface area contributed by atoms with Gasteiger partial charge in [0.2, 0.25) is 5.91 Å². The summed E-state index contributed by atoms with van der Waals surface area (Å²) < 4.78 is 0. The molecule has 1 saturated heterocycles. The van der Waals surface area contributed by atoms with Gasteiger partial charge in [-0.25, -0.2) is 0 Å². The maximum absolute atomic E-state index is 12.0. The van der Waals surface area contributed by atoms with E-state index < -0.39 is 0 Å². The smallest absolute Gasteiger partial charge is 0.224 e. The molecule has 1 unspecified atom stereocenters. The molecule has 0 aromatic heterocycles. The summed E-state index contributed by atoms with van der Waals surface area (Å²) in [6.45, 7) is 3.90. The lowest BCUT2D eigenvalue weighted by molar-refractivity contribution is -0.126. The van der Waals surface area contributed by atoms with Crippen molar-refractivity contribution in [3.05, 3.63) is 35.4 Å². The van der Waals surface area contributed by atoms with E-state index in [1.165, 1.54) is 0 Å². The van der Waals surface area contributed by atoms with E-state index in [1.807, 2.05) is 26.1 Å². The fourth-order valence-corrected chi connectivity index (χ4v) is 2.53. The Labute approximate surface area is 120 Å². The fraction of sp³-hybridized carbons (Fsp3) is 0.500. The average molecular weight is 274 g/mol. The molecule has 1 aromatic carbocycles. The van der Waals surface area contributed by atoms with Crippen molar-refractivity contribution in [1.29, 1.82) is 0 Å². The Kier molecular flexibility index (Phi) is 4.90. The zero-order valence-electron chi connectivity index (χ0n) is 12.2. The molecule has 0 aliphatic carbocycles. The number of rotatable bonds is 4. The minimum atomic E-state index is -0.0393. The van der Waals surface area contributed by atoms with Gasteiger partial charge in [-0.2, -0.15) is 0 Å². The summed E-state index contributed by atoms with van der Waals surface area (Å²) in [4.78, 5) is 26.2. The van der Waals surface area contributed by atoms with Crippen LogP contribution in [0.2, 0.25) is 0 Å². The number of aryl methyl sites for hydroxylation is 1. The third kappa shape index (κ3) is 3.90. The summed E-state index contributed by atoms with van der Waals surface area (Å²) in [7, 11) is 2.02. The number of benzene rings is 1. The van der Waals surface area contributed by atoms with Crippen LogP contribution in [0, 0.1) is 12.8 Å². The lowest BCUT2D eigenvalue weighted by Crippen LogP contribution is -2.42. The van der Waals surface area contributed by atoms with Crippen LogP contribution in [-0.4, -0.2) is 43.3 Å². The number of hydrogen-bond donors (Lipinski definition) is 1. The number of hydrogen-bond acceptors (Lipinski definition) is 3. The molecule has 1 amide bonds. The summed E-state index contributed by atoms with van der Waals surface area (Å²) in [6.07, 6.45) is 1.95.